The van der Waals surface area contributed by atoms with Crippen molar-refractivity contribution in [2.75, 3.05) is 31.1 Å². The number of ether oxygens (including phenoxy) is 2. The number of fused-ring (bicyclic) bond motifs is 3. The summed E-state index contributed by atoms with van der Waals surface area (Å²) in [5.41, 5.74) is 2.28. The van der Waals surface area contributed by atoms with Crippen molar-refractivity contribution in [2.24, 2.45) is 0 Å². The molecule has 1 saturated heterocycles. The molecule has 0 unspecified atom stereocenters. The Morgan fingerprint density at radius 2 is 2.12 bits per heavy atom. The van der Waals surface area contributed by atoms with E-state index in [9.17, 15) is 15.2 Å². The summed E-state index contributed by atoms with van der Waals surface area (Å²) >= 11 is 0. The summed E-state index contributed by atoms with van der Waals surface area (Å²) in [5, 5.41) is 20.6. The number of phenols is 1. The topological polar surface area (TPSA) is 112 Å². The number of benzene rings is 2. The molecule has 2 aliphatic rings. The van der Waals surface area contributed by atoms with Crippen LogP contribution in [0.1, 0.15) is 24.0 Å². The average Bonchev–Trinajstić information content (AvgIpc) is 2.88. The molecule has 2 aromatic carbocycles. The molecule has 0 radical (unpaired) electrons. The molecule has 1 atom stereocenters. The third kappa shape index (κ3) is 4.15. The SMILES string of the molecule is N#CC[C@H]1CN(c2ncnc3cc(O)c4c(c23)OCCC4)CCN1C(=O)OCc1ccccc1. The summed E-state index contributed by atoms with van der Waals surface area (Å²) in [6.45, 7) is 2.09. The van der Waals surface area contributed by atoms with E-state index in [0.29, 0.717) is 43.3 Å². The third-order valence-corrected chi connectivity index (χ3v) is 6.31. The Morgan fingerprint density at radius 1 is 1.26 bits per heavy atom. The van der Waals surface area contributed by atoms with Gasteiger partial charge in [0.2, 0.25) is 0 Å². The number of carbonyl (C=O) groups excluding carboxylic acids is 1. The van der Waals surface area contributed by atoms with Crippen molar-refractivity contribution in [3.63, 3.8) is 0 Å². The third-order valence-electron chi connectivity index (χ3n) is 6.31. The molecule has 1 fully saturated rings. The van der Waals surface area contributed by atoms with Gasteiger partial charge in [-0.2, -0.15) is 5.26 Å². The second kappa shape index (κ2) is 9.43. The molecule has 1 N–H and O–H groups in total. The first-order chi connectivity index (χ1) is 16.7. The fourth-order valence-electron chi connectivity index (χ4n) is 4.63. The number of anilines is 1. The van der Waals surface area contributed by atoms with Gasteiger partial charge >= 0.3 is 6.09 Å². The highest BCUT2D eigenvalue weighted by Gasteiger charge is 2.33. The van der Waals surface area contributed by atoms with Gasteiger partial charge in [-0.1, -0.05) is 30.3 Å². The van der Waals surface area contributed by atoms with Crippen LogP contribution in [0.3, 0.4) is 0 Å². The fraction of sp³-hybridized carbons (Fsp3) is 0.360. The molecule has 0 spiro atoms. The van der Waals surface area contributed by atoms with Gasteiger partial charge < -0.3 is 24.4 Å². The Balaban J connectivity index is 1.39. The van der Waals surface area contributed by atoms with E-state index in [1.165, 1.54) is 6.33 Å². The van der Waals surface area contributed by atoms with E-state index >= 15 is 0 Å². The van der Waals surface area contributed by atoms with Crippen LogP contribution >= 0.6 is 0 Å². The van der Waals surface area contributed by atoms with Crippen molar-refractivity contribution in [1.82, 2.24) is 14.9 Å². The summed E-state index contributed by atoms with van der Waals surface area (Å²) in [7, 11) is 0. The van der Waals surface area contributed by atoms with Crippen molar-refractivity contribution >= 4 is 22.8 Å². The molecule has 1 aromatic heterocycles. The Kier molecular flexibility index (Phi) is 6.04. The van der Waals surface area contributed by atoms with Crippen LogP contribution in [0.2, 0.25) is 0 Å². The second-order valence-corrected chi connectivity index (χ2v) is 8.44. The highest BCUT2D eigenvalue weighted by Crippen LogP contribution is 2.42. The number of aromatic hydroxyl groups is 1. The van der Waals surface area contributed by atoms with E-state index in [1.54, 1.807) is 11.0 Å². The van der Waals surface area contributed by atoms with Crippen molar-refractivity contribution in [1.29, 1.82) is 5.26 Å². The number of rotatable bonds is 4. The molecule has 1 amide bonds. The van der Waals surface area contributed by atoms with E-state index < -0.39 is 6.09 Å². The van der Waals surface area contributed by atoms with E-state index in [4.69, 9.17) is 9.47 Å². The van der Waals surface area contributed by atoms with Crippen LogP contribution in [-0.4, -0.2) is 58.4 Å². The summed E-state index contributed by atoms with van der Waals surface area (Å²) in [6, 6.07) is 13.0. The molecular weight excluding hydrogens is 434 g/mol. The van der Waals surface area contributed by atoms with Crippen molar-refractivity contribution in [3.8, 4) is 17.6 Å². The molecule has 9 heteroatoms. The number of nitriles is 1. The van der Waals surface area contributed by atoms with Gasteiger partial charge in [-0.15, -0.1) is 0 Å². The molecule has 3 heterocycles. The number of carbonyl (C=O) groups is 1. The lowest BCUT2D eigenvalue weighted by Gasteiger charge is -2.40. The molecule has 0 saturated carbocycles. The molecule has 5 rings (SSSR count). The quantitative estimate of drug-likeness (QED) is 0.632. The minimum absolute atomic E-state index is 0.176. The zero-order valence-corrected chi connectivity index (χ0v) is 18.7. The maximum atomic E-state index is 12.8. The monoisotopic (exact) mass is 459 g/mol. The minimum Gasteiger partial charge on any atom is -0.507 e. The average molecular weight is 460 g/mol. The summed E-state index contributed by atoms with van der Waals surface area (Å²) in [6.07, 6.45) is 2.77. The summed E-state index contributed by atoms with van der Waals surface area (Å²) in [4.78, 5) is 25.4. The van der Waals surface area contributed by atoms with Gasteiger partial charge in [-0.05, 0) is 18.4 Å². The molecule has 0 bridgehead atoms. The van der Waals surface area contributed by atoms with Gasteiger partial charge in [0.15, 0.2) is 0 Å². The van der Waals surface area contributed by atoms with Crippen molar-refractivity contribution < 1.29 is 19.4 Å². The predicted molar refractivity (Wildman–Crippen MR) is 125 cm³/mol. The first-order valence-corrected chi connectivity index (χ1v) is 11.4. The first-order valence-electron chi connectivity index (χ1n) is 11.4. The summed E-state index contributed by atoms with van der Waals surface area (Å²) in [5.74, 6) is 1.49. The molecule has 34 heavy (non-hydrogen) atoms. The van der Waals surface area contributed by atoms with Crippen LogP contribution in [0, 0.1) is 11.3 Å². The Morgan fingerprint density at radius 3 is 2.94 bits per heavy atom. The molecule has 2 aliphatic heterocycles. The first kappa shape index (κ1) is 21.8. The number of hydrogen-bond donors (Lipinski definition) is 1. The molecule has 3 aromatic rings. The van der Waals surface area contributed by atoms with Gasteiger partial charge in [-0.3, -0.25) is 0 Å². The zero-order valence-electron chi connectivity index (χ0n) is 18.7. The number of aromatic nitrogens is 2. The molecule has 174 valence electrons. The van der Waals surface area contributed by atoms with E-state index in [1.807, 2.05) is 30.3 Å². The van der Waals surface area contributed by atoms with E-state index in [0.717, 1.165) is 29.4 Å². The molecular formula is C25H25N5O4. The number of amides is 1. The number of hydrogen-bond acceptors (Lipinski definition) is 8. The van der Waals surface area contributed by atoms with Crippen LogP contribution in [0.15, 0.2) is 42.7 Å². The van der Waals surface area contributed by atoms with Crippen LogP contribution in [0.25, 0.3) is 10.9 Å². The van der Waals surface area contributed by atoms with Crippen molar-refractivity contribution in [3.05, 3.63) is 53.9 Å². The maximum Gasteiger partial charge on any atom is 0.410 e. The smallest absolute Gasteiger partial charge is 0.410 e. The Bertz CT molecular complexity index is 1240. The fourth-order valence-corrected chi connectivity index (χ4v) is 4.63. The van der Waals surface area contributed by atoms with Gasteiger partial charge in [0.25, 0.3) is 0 Å². The minimum atomic E-state index is -0.429. The van der Waals surface area contributed by atoms with E-state index in [-0.39, 0.29) is 24.8 Å². The lowest BCUT2D eigenvalue weighted by atomic mass is 10.0. The highest BCUT2D eigenvalue weighted by atomic mass is 16.6. The lowest BCUT2D eigenvalue weighted by molar-refractivity contribution is 0.0768. The van der Waals surface area contributed by atoms with E-state index in [2.05, 4.69) is 20.9 Å². The number of piperazine rings is 1. The van der Waals surface area contributed by atoms with Gasteiger partial charge in [-0.25, -0.2) is 14.8 Å². The van der Waals surface area contributed by atoms with Crippen LogP contribution in [-0.2, 0) is 17.8 Å². The Labute approximate surface area is 197 Å². The largest absolute Gasteiger partial charge is 0.507 e. The van der Waals surface area contributed by atoms with Crippen molar-refractivity contribution in [2.45, 2.75) is 31.9 Å². The Hall–Kier alpha value is -4.06. The second-order valence-electron chi connectivity index (χ2n) is 8.44. The lowest BCUT2D eigenvalue weighted by Crippen LogP contribution is -2.55. The van der Waals surface area contributed by atoms with Crippen LogP contribution in [0.4, 0.5) is 10.6 Å². The molecule has 0 aliphatic carbocycles. The number of nitrogens with zero attached hydrogens (tertiary/aromatic N) is 5. The van der Waals surface area contributed by atoms with Gasteiger partial charge in [0, 0.05) is 31.3 Å². The summed E-state index contributed by atoms with van der Waals surface area (Å²) < 4.78 is 11.5. The normalized spacial score (nSPS) is 17.6. The highest BCUT2D eigenvalue weighted by molar-refractivity contribution is 5.97. The van der Waals surface area contributed by atoms with Crippen LogP contribution in [0.5, 0.6) is 11.5 Å². The number of phenolic OH excluding ortho intramolecular Hbond substituents is 1. The van der Waals surface area contributed by atoms with Crippen LogP contribution < -0.4 is 9.64 Å². The van der Waals surface area contributed by atoms with Gasteiger partial charge in [0.05, 0.1) is 36.0 Å². The van der Waals surface area contributed by atoms with Gasteiger partial charge in [0.1, 0.15) is 30.3 Å². The molecule has 9 nitrogen and oxygen atoms in total. The standard InChI is InChI=1S/C25H25N5O4/c26-9-8-18-14-29(10-11-30(18)25(32)34-15-17-5-2-1-3-6-17)24-22-20(27-16-28-24)13-21(31)19-7-4-12-33-23(19)22/h1-3,5-6,13,16,18,31H,4,7-8,10-12,14-15H2/t18-/m0/s1. The maximum absolute atomic E-state index is 12.8. The zero-order chi connectivity index (χ0) is 23.5. The predicted octanol–water partition coefficient (Wildman–Crippen LogP) is 3.40.